The molecule has 0 fully saturated rings. The molecule has 3 rings (SSSR count). The van der Waals surface area contributed by atoms with Gasteiger partial charge in [-0.2, -0.15) is 5.10 Å². The molecule has 0 saturated heterocycles. The van der Waals surface area contributed by atoms with Crippen LogP contribution in [-0.4, -0.2) is 23.7 Å². The Balaban J connectivity index is 1.77. The number of benzene rings is 3. The molecule has 8 nitrogen and oxygen atoms in total. The Morgan fingerprint density at radius 3 is 2.59 bits per heavy atom. The number of nitro groups is 1. The van der Waals surface area contributed by atoms with Crippen molar-refractivity contribution in [2.45, 2.75) is 26.4 Å². The summed E-state index contributed by atoms with van der Waals surface area (Å²) in [5, 5.41) is 16.1. The van der Waals surface area contributed by atoms with E-state index < -0.39 is 10.8 Å². The minimum atomic E-state index is -0.520. The number of nitro benzene ring substituents is 1. The van der Waals surface area contributed by atoms with E-state index in [-0.39, 0.29) is 18.7 Å². The second-order valence-electron chi connectivity index (χ2n) is 7.83. The highest BCUT2D eigenvalue weighted by molar-refractivity contribution is 6.42. The number of para-hydroxylation sites is 1. The lowest BCUT2D eigenvalue weighted by Gasteiger charge is -2.17. The van der Waals surface area contributed by atoms with Crippen molar-refractivity contribution < 1.29 is 19.2 Å². The zero-order chi connectivity index (χ0) is 26.8. The van der Waals surface area contributed by atoms with Crippen molar-refractivity contribution in [2.24, 2.45) is 5.10 Å². The summed E-state index contributed by atoms with van der Waals surface area (Å²) >= 11 is 12.1. The number of nitrogens with one attached hydrogen (secondary N) is 1. The van der Waals surface area contributed by atoms with E-state index in [0.29, 0.717) is 45.7 Å². The maximum atomic E-state index is 12.3. The minimum absolute atomic E-state index is 0.117. The van der Waals surface area contributed by atoms with E-state index in [2.05, 4.69) is 17.1 Å². The Morgan fingerprint density at radius 2 is 1.89 bits per heavy atom. The van der Waals surface area contributed by atoms with Gasteiger partial charge in [-0.3, -0.25) is 14.9 Å². The second kappa shape index (κ2) is 13.4. The largest absolute Gasteiger partial charge is 0.490 e. The summed E-state index contributed by atoms with van der Waals surface area (Å²) in [6.07, 6.45) is 3.53. The molecule has 0 aliphatic heterocycles. The van der Waals surface area contributed by atoms with E-state index in [4.69, 9.17) is 32.7 Å². The lowest BCUT2D eigenvalue weighted by molar-refractivity contribution is -0.385. The van der Waals surface area contributed by atoms with E-state index in [1.165, 1.54) is 18.3 Å². The van der Waals surface area contributed by atoms with E-state index in [1.54, 1.807) is 36.4 Å². The van der Waals surface area contributed by atoms with Crippen molar-refractivity contribution in [3.63, 3.8) is 0 Å². The number of halogens is 2. The number of amides is 1. The zero-order valence-corrected chi connectivity index (χ0v) is 21.6. The van der Waals surface area contributed by atoms with Crippen LogP contribution >= 0.6 is 23.2 Å². The predicted octanol–water partition coefficient (Wildman–Crippen LogP) is 6.30. The summed E-state index contributed by atoms with van der Waals surface area (Å²) in [6, 6.07) is 15.0. The highest BCUT2D eigenvalue weighted by Crippen LogP contribution is 2.34. The average molecular weight is 542 g/mol. The SMILES string of the molecule is C=CCc1cc(/C=N/NC(=O)Cc2ccccc2[N+](=O)[O-])cc(OCC)c1OCc1ccc(Cl)c(Cl)c1. The van der Waals surface area contributed by atoms with E-state index >= 15 is 0 Å². The number of rotatable bonds is 12. The van der Waals surface area contributed by atoms with E-state index in [0.717, 1.165) is 11.1 Å². The first-order valence-corrected chi connectivity index (χ1v) is 12.1. The minimum Gasteiger partial charge on any atom is -0.490 e. The number of hydrogen-bond donors (Lipinski definition) is 1. The van der Waals surface area contributed by atoms with Crippen LogP contribution in [0, 0.1) is 10.1 Å². The van der Waals surface area contributed by atoms with Gasteiger partial charge in [-0.05, 0) is 48.7 Å². The number of hydrazone groups is 1. The molecule has 0 heterocycles. The predicted molar refractivity (Wildman–Crippen MR) is 145 cm³/mol. The van der Waals surface area contributed by atoms with Gasteiger partial charge in [-0.1, -0.05) is 53.5 Å². The van der Waals surface area contributed by atoms with Crippen molar-refractivity contribution in [3.8, 4) is 11.5 Å². The fourth-order valence-corrected chi connectivity index (χ4v) is 3.83. The van der Waals surface area contributed by atoms with Crippen molar-refractivity contribution in [2.75, 3.05) is 6.61 Å². The number of carbonyl (C=O) groups is 1. The molecule has 0 saturated carbocycles. The first kappa shape index (κ1) is 27.7. The number of allylic oxidation sites excluding steroid dienone is 1. The van der Waals surface area contributed by atoms with Gasteiger partial charge in [0.1, 0.15) is 6.61 Å². The third-order valence-electron chi connectivity index (χ3n) is 5.13. The molecule has 37 heavy (non-hydrogen) atoms. The summed E-state index contributed by atoms with van der Waals surface area (Å²) < 4.78 is 11.9. The van der Waals surface area contributed by atoms with Gasteiger partial charge in [0.05, 0.1) is 34.2 Å². The van der Waals surface area contributed by atoms with E-state index in [1.807, 2.05) is 19.1 Å². The van der Waals surface area contributed by atoms with Gasteiger partial charge >= 0.3 is 0 Å². The molecular weight excluding hydrogens is 517 g/mol. The van der Waals surface area contributed by atoms with Crippen molar-refractivity contribution in [3.05, 3.63) is 110 Å². The molecule has 0 aliphatic rings. The summed E-state index contributed by atoms with van der Waals surface area (Å²) in [6.45, 7) is 6.33. The third-order valence-corrected chi connectivity index (χ3v) is 5.87. The average Bonchev–Trinajstić information content (AvgIpc) is 2.86. The first-order chi connectivity index (χ1) is 17.8. The third kappa shape index (κ3) is 7.80. The summed E-state index contributed by atoms with van der Waals surface area (Å²) in [5.41, 5.74) is 4.91. The van der Waals surface area contributed by atoms with E-state index in [9.17, 15) is 14.9 Å². The molecule has 0 atom stereocenters. The number of ether oxygens (including phenoxy) is 2. The van der Waals surface area contributed by atoms with Gasteiger partial charge < -0.3 is 9.47 Å². The summed E-state index contributed by atoms with van der Waals surface area (Å²) in [7, 11) is 0. The molecule has 0 bridgehead atoms. The number of nitrogens with zero attached hydrogens (tertiary/aromatic N) is 2. The van der Waals surface area contributed by atoms with Gasteiger partial charge in [0.15, 0.2) is 11.5 Å². The fraction of sp³-hybridized carbons (Fsp3) is 0.185. The lowest BCUT2D eigenvalue weighted by Crippen LogP contribution is -2.20. The fourth-order valence-electron chi connectivity index (χ4n) is 3.51. The molecule has 0 unspecified atom stereocenters. The Bertz CT molecular complexity index is 1330. The van der Waals surface area contributed by atoms with Crippen LogP contribution in [0.2, 0.25) is 10.0 Å². The zero-order valence-electron chi connectivity index (χ0n) is 20.1. The molecule has 1 N–H and O–H groups in total. The molecule has 10 heteroatoms. The van der Waals surface area contributed by atoms with Crippen LogP contribution in [0.3, 0.4) is 0 Å². The van der Waals surface area contributed by atoms with Crippen LogP contribution in [0.15, 0.2) is 72.4 Å². The molecule has 0 aliphatic carbocycles. The van der Waals surface area contributed by atoms with Gasteiger partial charge in [0.25, 0.3) is 5.69 Å². The highest BCUT2D eigenvalue weighted by atomic mass is 35.5. The molecule has 1 amide bonds. The van der Waals surface area contributed by atoms with Crippen LogP contribution in [0.1, 0.15) is 29.2 Å². The maximum Gasteiger partial charge on any atom is 0.273 e. The van der Waals surface area contributed by atoms with Gasteiger partial charge in [-0.15, -0.1) is 6.58 Å². The van der Waals surface area contributed by atoms with Crippen LogP contribution in [-0.2, 0) is 24.2 Å². The van der Waals surface area contributed by atoms with Crippen LogP contribution in [0.25, 0.3) is 0 Å². The van der Waals surface area contributed by atoms with Crippen molar-refractivity contribution in [1.29, 1.82) is 0 Å². The Kier molecular flexibility index (Phi) is 10.1. The van der Waals surface area contributed by atoms with Gasteiger partial charge in [0.2, 0.25) is 5.91 Å². The quantitative estimate of drug-likeness (QED) is 0.125. The summed E-state index contributed by atoms with van der Waals surface area (Å²) in [5.74, 6) is 0.587. The molecule has 0 radical (unpaired) electrons. The number of carbonyl (C=O) groups excluding carboxylic acids is 1. The van der Waals surface area contributed by atoms with Crippen molar-refractivity contribution in [1.82, 2.24) is 5.43 Å². The second-order valence-corrected chi connectivity index (χ2v) is 8.64. The van der Waals surface area contributed by atoms with Crippen LogP contribution in [0.4, 0.5) is 5.69 Å². The molecule has 3 aromatic carbocycles. The van der Waals surface area contributed by atoms with Crippen LogP contribution in [0.5, 0.6) is 11.5 Å². The Morgan fingerprint density at radius 1 is 1.11 bits per heavy atom. The highest BCUT2D eigenvalue weighted by Gasteiger charge is 2.16. The smallest absolute Gasteiger partial charge is 0.273 e. The normalized spacial score (nSPS) is 10.8. The Labute approximate surface area is 224 Å². The molecule has 0 aromatic heterocycles. The maximum absolute atomic E-state index is 12.3. The molecular formula is C27H25Cl2N3O5. The lowest BCUT2D eigenvalue weighted by atomic mass is 10.1. The molecule has 192 valence electrons. The summed E-state index contributed by atoms with van der Waals surface area (Å²) in [4.78, 5) is 23.0. The first-order valence-electron chi connectivity index (χ1n) is 11.3. The Hall–Kier alpha value is -3.88. The molecule has 0 spiro atoms. The topological polar surface area (TPSA) is 103 Å². The monoisotopic (exact) mass is 541 g/mol. The van der Waals surface area contributed by atoms with Crippen LogP contribution < -0.4 is 14.9 Å². The van der Waals surface area contributed by atoms with Gasteiger partial charge in [-0.25, -0.2) is 5.43 Å². The van der Waals surface area contributed by atoms with Gasteiger partial charge in [0, 0.05) is 17.2 Å². The number of hydrogen-bond acceptors (Lipinski definition) is 6. The standard InChI is InChI=1S/C27H25Cl2N3O5/c1-3-7-21-12-19(16-30-31-26(33)15-20-8-5-6-9-24(20)32(34)35)14-25(36-4-2)27(21)37-17-18-10-11-22(28)23(29)13-18/h3,5-6,8-14,16H,1,4,7,15,17H2,2H3,(H,31,33)/b30-16+. The molecule has 3 aromatic rings. The van der Waals surface area contributed by atoms with Crippen molar-refractivity contribution >= 4 is 41.0 Å².